The summed E-state index contributed by atoms with van der Waals surface area (Å²) in [5.74, 6) is 0.142. The first-order valence-electron chi connectivity index (χ1n) is 10.5. The third kappa shape index (κ3) is 5.38. The van der Waals surface area contributed by atoms with E-state index < -0.39 is 10.0 Å². The van der Waals surface area contributed by atoms with E-state index in [0.717, 1.165) is 12.0 Å². The Morgan fingerprint density at radius 2 is 1.30 bits per heavy atom. The molecular weight excluding hydrogens is 390 g/mol. The Morgan fingerprint density at radius 3 is 1.77 bits per heavy atom. The van der Waals surface area contributed by atoms with Crippen LogP contribution in [0.1, 0.15) is 56.2 Å². The highest BCUT2D eigenvalue weighted by molar-refractivity contribution is 7.89. The molecule has 1 N–H and O–H groups in total. The van der Waals surface area contributed by atoms with E-state index in [1.165, 1.54) is 11.1 Å². The SMILES string of the molecule is CCC(C)(C)c1ccc(S(=O)(=O)NCCC(c2ccccc2)c2ccccc2)cc1. The predicted molar refractivity (Wildman–Crippen MR) is 124 cm³/mol. The Bertz CT molecular complexity index is 988. The fourth-order valence-corrected chi connectivity index (χ4v) is 4.65. The molecule has 3 nitrogen and oxygen atoms in total. The molecule has 30 heavy (non-hydrogen) atoms. The van der Waals surface area contributed by atoms with E-state index in [1.54, 1.807) is 12.1 Å². The smallest absolute Gasteiger partial charge is 0.211 e. The van der Waals surface area contributed by atoms with Gasteiger partial charge in [-0.1, -0.05) is 93.6 Å². The van der Waals surface area contributed by atoms with Gasteiger partial charge in [-0.05, 0) is 47.1 Å². The van der Waals surface area contributed by atoms with Gasteiger partial charge in [-0.3, -0.25) is 0 Å². The van der Waals surface area contributed by atoms with Gasteiger partial charge in [0.05, 0.1) is 4.90 Å². The van der Waals surface area contributed by atoms with Crippen molar-refractivity contribution in [3.05, 3.63) is 102 Å². The van der Waals surface area contributed by atoms with Crippen LogP contribution in [-0.2, 0) is 15.4 Å². The Labute approximate surface area is 181 Å². The van der Waals surface area contributed by atoms with Crippen LogP contribution in [0.4, 0.5) is 0 Å². The first-order chi connectivity index (χ1) is 14.3. The minimum Gasteiger partial charge on any atom is -0.211 e. The van der Waals surface area contributed by atoms with Gasteiger partial charge >= 0.3 is 0 Å². The first kappa shape index (κ1) is 22.3. The molecule has 0 aliphatic rings. The van der Waals surface area contributed by atoms with Gasteiger partial charge in [0.25, 0.3) is 0 Å². The molecule has 0 saturated heterocycles. The normalized spacial score (nSPS) is 12.3. The molecule has 3 aromatic carbocycles. The summed E-state index contributed by atoms with van der Waals surface area (Å²) >= 11 is 0. The molecule has 3 aromatic rings. The minimum atomic E-state index is -3.54. The third-order valence-electron chi connectivity index (χ3n) is 5.96. The molecule has 0 amide bonds. The van der Waals surface area contributed by atoms with Gasteiger partial charge in [0.1, 0.15) is 0 Å². The van der Waals surface area contributed by atoms with Crippen LogP contribution in [0.5, 0.6) is 0 Å². The van der Waals surface area contributed by atoms with Crippen LogP contribution >= 0.6 is 0 Å². The Balaban J connectivity index is 1.71. The van der Waals surface area contributed by atoms with Crippen LogP contribution in [-0.4, -0.2) is 15.0 Å². The summed E-state index contributed by atoms with van der Waals surface area (Å²) in [5.41, 5.74) is 3.56. The van der Waals surface area contributed by atoms with E-state index in [0.29, 0.717) is 17.9 Å². The summed E-state index contributed by atoms with van der Waals surface area (Å²) in [6.45, 7) is 6.85. The zero-order chi connectivity index (χ0) is 21.6. The Hall–Kier alpha value is -2.43. The van der Waals surface area contributed by atoms with Crippen molar-refractivity contribution in [3.8, 4) is 0 Å². The molecule has 158 valence electrons. The molecule has 4 heteroatoms. The van der Waals surface area contributed by atoms with Crippen molar-refractivity contribution in [3.63, 3.8) is 0 Å². The quantitative estimate of drug-likeness (QED) is 0.469. The lowest BCUT2D eigenvalue weighted by molar-refractivity contribution is 0.505. The summed E-state index contributed by atoms with van der Waals surface area (Å²) in [4.78, 5) is 0.314. The van der Waals surface area contributed by atoms with Crippen molar-refractivity contribution < 1.29 is 8.42 Å². The zero-order valence-electron chi connectivity index (χ0n) is 18.0. The molecule has 0 aromatic heterocycles. The largest absolute Gasteiger partial charge is 0.240 e. The summed E-state index contributed by atoms with van der Waals surface area (Å²) in [6.07, 6.45) is 1.69. The second-order valence-corrected chi connectivity index (χ2v) is 10.1. The highest BCUT2D eigenvalue weighted by Gasteiger charge is 2.21. The topological polar surface area (TPSA) is 46.2 Å². The van der Waals surface area contributed by atoms with Gasteiger partial charge in [-0.15, -0.1) is 0 Å². The van der Waals surface area contributed by atoms with Gasteiger partial charge in [-0.2, -0.15) is 0 Å². The van der Waals surface area contributed by atoms with Crippen molar-refractivity contribution in [2.24, 2.45) is 0 Å². The number of rotatable bonds is 9. The van der Waals surface area contributed by atoms with E-state index in [2.05, 4.69) is 49.8 Å². The highest BCUT2D eigenvalue weighted by Crippen LogP contribution is 2.29. The Kier molecular flexibility index (Phi) is 7.11. The van der Waals surface area contributed by atoms with E-state index >= 15 is 0 Å². The van der Waals surface area contributed by atoms with Crippen LogP contribution in [0.25, 0.3) is 0 Å². The van der Waals surface area contributed by atoms with Gasteiger partial charge in [0.15, 0.2) is 0 Å². The molecule has 0 bridgehead atoms. The fourth-order valence-electron chi connectivity index (χ4n) is 3.61. The van der Waals surface area contributed by atoms with Crippen molar-refractivity contribution in [1.29, 1.82) is 0 Å². The lowest BCUT2D eigenvalue weighted by Gasteiger charge is -2.23. The number of nitrogens with one attached hydrogen (secondary N) is 1. The lowest BCUT2D eigenvalue weighted by Crippen LogP contribution is -2.26. The van der Waals surface area contributed by atoms with Crippen LogP contribution in [0.15, 0.2) is 89.8 Å². The number of hydrogen-bond donors (Lipinski definition) is 1. The van der Waals surface area contributed by atoms with E-state index in [-0.39, 0.29) is 11.3 Å². The van der Waals surface area contributed by atoms with Crippen molar-refractivity contribution in [2.75, 3.05) is 6.54 Å². The van der Waals surface area contributed by atoms with Crippen LogP contribution in [0.2, 0.25) is 0 Å². The molecule has 0 aliphatic heterocycles. The monoisotopic (exact) mass is 421 g/mol. The Morgan fingerprint density at radius 1 is 0.800 bits per heavy atom. The first-order valence-corrected chi connectivity index (χ1v) is 12.0. The molecule has 0 saturated carbocycles. The molecule has 0 unspecified atom stereocenters. The van der Waals surface area contributed by atoms with Crippen molar-refractivity contribution >= 4 is 10.0 Å². The molecule has 3 rings (SSSR count). The number of sulfonamides is 1. The van der Waals surface area contributed by atoms with Crippen LogP contribution in [0.3, 0.4) is 0 Å². The van der Waals surface area contributed by atoms with Crippen molar-refractivity contribution in [1.82, 2.24) is 4.72 Å². The average molecular weight is 422 g/mol. The van der Waals surface area contributed by atoms with E-state index in [1.807, 2.05) is 48.5 Å². The predicted octanol–water partition coefficient (Wildman–Crippen LogP) is 5.87. The summed E-state index contributed by atoms with van der Waals surface area (Å²) < 4.78 is 28.4. The molecular formula is C26H31NO2S. The lowest BCUT2D eigenvalue weighted by atomic mass is 9.82. The average Bonchev–Trinajstić information content (AvgIpc) is 2.78. The number of benzene rings is 3. The molecule has 0 heterocycles. The van der Waals surface area contributed by atoms with Gasteiger partial charge in [0.2, 0.25) is 10.0 Å². The highest BCUT2D eigenvalue weighted by atomic mass is 32.2. The standard InChI is InChI=1S/C26H31NO2S/c1-4-26(2,3)23-15-17-24(18-16-23)30(28,29)27-20-19-25(21-11-7-5-8-12-21)22-13-9-6-10-14-22/h5-18,25,27H,4,19-20H2,1-3H3. The maximum absolute atomic E-state index is 12.8. The molecule has 0 aliphatic carbocycles. The van der Waals surface area contributed by atoms with Gasteiger partial charge in [0, 0.05) is 12.5 Å². The summed E-state index contributed by atoms with van der Waals surface area (Å²) in [7, 11) is -3.54. The molecule has 0 radical (unpaired) electrons. The van der Waals surface area contributed by atoms with Crippen molar-refractivity contribution in [2.45, 2.75) is 49.8 Å². The van der Waals surface area contributed by atoms with Gasteiger partial charge in [-0.25, -0.2) is 13.1 Å². The zero-order valence-corrected chi connectivity index (χ0v) is 18.8. The van der Waals surface area contributed by atoms with Crippen LogP contribution < -0.4 is 4.72 Å². The van der Waals surface area contributed by atoms with E-state index in [9.17, 15) is 8.42 Å². The molecule has 0 spiro atoms. The number of hydrogen-bond acceptors (Lipinski definition) is 2. The minimum absolute atomic E-state index is 0.0360. The third-order valence-corrected chi connectivity index (χ3v) is 7.44. The molecule has 0 fully saturated rings. The summed E-state index contributed by atoms with van der Waals surface area (Å²) in [5, 5.41) is 0. The second-order valence-electron chi connectivity index (χ2n) is 8.32. The summed E-state index contributed by atoms with van der Waals surface area (Å²) in [6, 6.07) is 27.7. The molecule has 0 atom stereocenters. The maximum atomic E-state index is 12.8. The maximum Gasteiger partial charge on any atom is 0.240 e. The van der Waals surface area contributed by atoms with Gasteiger partial charge < -0.3 is 0 Å². The van der Waals surface area contributed by atoms with E-state index in [4.69, 9.17) is 0 Å². The van der Waals surface area contributed by atoms with Crippen LogP contribution in [0, 0.1) is 0 Å². The second kappa shape index (κ2) is 9.59. The fraction of sp³-hybridized carbons (Fsp3) is 0.308.